The van der Waals surface area contributed by atoms with E-state index >= 15 is 0 Å². The number of para-hydroxylation sites is 1. The van der Waals surface area contributed by atoms with Crippen LogP contribution in [0.25, 0.3) is 0 Å². The Morgan fingerprint density at radius 1 is 1.20 bits per heavy atom. The van der Waals surface area contributed by atoms with Gasteiger partial charge in [0.25, 0.3) is 5.56 Å². The lowest BCUT2D eigenvalue weighted by atomic mass is 10.1. The summed E-state index contributed by atoms with van der Waals surface area (Å²) in [6.45, 7) is 2.58. The number of benzene rings is 2. The molecule has 0 saturated carbocycles. The van der Waals surface area contributed by atoms with Crippen LogP contribution < -0.4 is 20.5 Å². The number of aliphatic imine (C=N–C) groups is 1. The van der Waals surface area contributed by atoms with E-state index in [-0.39, 0.29) is 11.3 Å². The second kappa shape index (κ2) is 6.91. The van der Waals surface area contributed by atoms with Crippen LogP contribution in [0.15, 0.2) is 58.3 Å². The van der Waals surface area contributed by atoms with Crippen LogP contribution in [0.4, 0.5) is 11.6 Å². The summed E-state index contributed by atoms with van der Waals surface area (Å²) in [5, 5.41) is 13.2. The van der Waals surface area contributed by atoms with Crippen molar-refractivity contribution in [2.45, 2.75) is 19.5 Å². The third-order valence-corrected chi connectivity index (χ3v) is 5.44. The van der Waals surface area contributed by atoms with Crippen LogP contribution in [0.5, 0.6) is 11.5 Å². The molecule has 8 nitrogen and oxygen atoms in total. The summed E-state index contributed by atoms with van der Waals surface area (Å²) in [7, 11) is 1.49. The molecule has 30 heavy (non-hydrogen) atoms. The molecule has 0 radical (unpaired) electrons. The van der Waals surface area contributed by atoms with Crippen LogP contribution in [0, 0.1) is 6.92 Å². The summed E-state index contributed by atoms with van der Waals surface area (Å²) in [6.07, 6.45) is 0.280. The number of aromatic nitrogens is 2. The molecule has 0 saturated heterocycles. The normalized spacial score (nSPS) is 17.1. The highest BCUT2D eigenvalue weighted by atomic mass is 16.5. The molecule has 2 aromatic carbocycles. The van der Waals surface area contributed by atoms with Crippen molar-refractivity contribution < 1.29 is 9.84 Å². The SMILES string of the molecule is COc1cc([C@@H]2N=C(N3CCc4ccccc43)Nc3nc(C)cc(=O)n32)ccc1O. The maximum absolute atomic E-state index is 12.8. The number of guanidine groups is 1. The van der Waals surface area contributed by atoms with Gasteiger partial charge >= 0.3 is 0 Å². The number of nitrogens with zero attached hydrogens (tertiary/aromatic N) is 4. The van der Waals surface area contributed by atoms with E-state index in [0.29, 0.717) is 28.9 Å². The van der Waals surface area contributed by atoms with E-state index < -0.39 is 6.17 Å². The Morgan fingerprint density at radius 2 is 2.03 bits per heavy atom. The summed E-state index contributed by atoms with van der Waals surface area (Å²) in [5.74, 6) is 1.42. The highest BCUT2D eigenvalue weighted by molar-refractivity contribution is 6.06. The first kappa shape index (κ1) is 18.2. The van der Waals surface area contributed by atoms with Crippen LogP contribution in [0.2, 0.25) is 0 Å². The van der Waals surface area contributed by atoms with Crippen LogP contribution in [0.3, 0.4) is 0 Å². The maximum atomic E-state index is 12.8. The van der Waals surface area contributed by atoms with Crippen LogP contribution in [-0.2, 0) is 6.42 Å². The molecular weight excluding hydrogens is 382 g/mol. The standard InChI is InChI=1S/C22H21N5O3/c1-13-11-19(29)27-20(15-7-8-17(28)18(12-15)30-2)24-21(25-22(27)23-13)26-10-9-14-5-3-4-6-16(14)26/h3-8,11-12,20,28H,9-10H2,1-2H3,(H,23,24,25)/t20-/m1/s1. The fraction of sp³-hybridized carbons (Fsp3) is 0.227. The van der Waals surface area contributed by atoms with Crippen molar-refractivity contribution in [3.05, 3.63) is 75.7 Å². The van der Waals surface area contributed by atoms with Crippen molar-refractivity contribution in [3.8, 4) is 11.5 Å². The van der Waals surface area contributed by atoms with E-state index in [9.17, 15) is 9.90 Å². The molecule has 2 aliphatic rings. The molecule has 0 amide bonds. The number of aryl methyl sites for hydroxylation is 1. The third-order valence-electron chi connectivity index (χ3n) is 5.44. The summed E-state index contributed by atoms with van der Waals surface area (Å²) in [6, 6.07) is 14.7. The van der Waals surface area contributed by atoms with Crippen LogP contribution in [-0.4, -0.2) is 34.3 Å². The van der Waals surface area contributed by atoms with Gasteiger partial charge in [0, 0.05) is 29.6 Å². The predicted octanol–water partition coefficient (Wildman–Crippen LogP) is 2.66. The number of anilines is 2. The first-order valence-corrected chi connectivity index (χ1v) is 9.72. The monoisotopic (exact) mass is 403 g/mol. The second-order valence-electron chi connectivity index (χ2n) is 7.34. The summed E-state index contributed by atoms with van der Waals surface area (Å²) < 4.78 is 6.78. The lowest BCUT2D eigenvalue weighted by Crippen LogP contribution is -2.43. The van der Waals surface area contributed by atoms with Crippen molar-refractivity contribution in [2.75, 3.05) is 23.9 Å². The fourth-order valence-electron chi connectivity index (χ4n) is 4.01. The Labute approximate surface area is 173 Å². The number of nitrogens with one attached hydrogen (secondary N) is 1. The quantitative estimate of drug-likeness (QED) is 0.684. The average molecular weight is 403 g/mol. The fourth-order valence-corrected chi connectivity index (χ4v) is 4.01. The van der Waals surface area contributed by atoms with Gasteiger partial charge < -0.3 is 14.7 Å². The highest BCUT2D eigenvalue weighted by Gasteiger charge is 2.31. The molecule has 3 heterocycles. The number of phenols is 1. The highest BCUT2D eigenvalue weighted by Crippen LogP contribution is 2.35. The molecular formula is C22H21N5O3. The number of phenolic OH excluding ortho intramolecular Hbond substituents is 1. The number of rotatable bonds is 2. The summed E-state index contributed by atoms with van der Waals surface area (Å²) in [4.78, 5) is 24.4. The molecule has 152 valence electrons. The van der Waals surface area contributed by atoms with Crippen molar-refractivity contribution in [3.63, 3.8) is 0 Å². The van der Waals surface area contributed by atoms with Gasteiger partial charge in [-0.3, -0.25) is 14.7 Å². The first-order valence-electron chi connectivity index (χ1n) is 9.72. The molecule has 0 fully saturated rings. The first-order chi connectivity index (χ1) is 14.5. The third kappa shape index (κ3) is 2.88. The van der Waals surface area contributed by atoms with E-state index in [0.717, 1.165) is 18.7 Å². The van der Waals surface area contributed by atoms with Gasteiger partial charge in [-0.05, 0) is 37.1 Å². The molecule has 8 heteroatoms. The molecule has 2 aliphatic heterocycles. The van der Waals surface area contributed by atoms with E-state index in [4.69, 9.17) is 9.73 Å². The van der Waals surface area contributed by atoms with Gasteiger partial charge in [0.15, 0.2) is 17.7 Å². The van der Waals surface area contributed by atoms with Crippen LogP contribution >= 0.6 is 0 Å². The van der Waals surface area contributed by atoms with E-state index in [1.807, 2.05) is 12.1 Å². The number of methoxy groups -OCH3 is 1. The summed E-state index contributed by atoms with van der Waals surface area (Å²) >= 11 is 0. The number of hydrogen-bond acceptors (Lipinski definition) is 7. The minimum Gasteiger partial charge on any atom is -0.504 e. The number of aromatic hydroxyl groups is 1. The van der Waals surface area contributed by atoms with E-state index in [2.05, 4.69) is 27.3 Å². The second-order valence-corrected chi connectivity index (χ2v) is 7.34. The lowest BCUT2D eigenvalue weighted by molar-refractivity contribution is 0.372. The number of hydrogen-bond donors (Lipinski definition) is 2. The van der Waals surface area contributed by atoms with Gasteiger partial charge in [-0.2, -0.15) is 0 Å². The summed E-state index contributed by atoms with van der Waals surface area (Å²) in [5.41, 5.74) is 3.49. The van der Waals surface area contributed by atoms with Gasteiger partial charge in [0.05, 0.1) is 7.11 Å². The Hall–Kier alpha value is -3.81. The van der Waals surface area contributed by atoms with Gasteiger partial charge in [0.2, 0.25) is 11.9 Å². The molecule has 1 aromatic heterocycles. The average Bonchev–Trinajstić information content (AvgIpc) is 3.17. The Kier molecular flexibility index (Phi) is 4.20. The van der Waals surface area contributed by atoms with E-state index in [1.54, 1.807) is 25.1 Å². The van der Waals surface area contributed by atoms with Gasteiger partial charge in [0.1, 0.15) is 0 Å². The topological polar surface area (TPSA) is 92.0 Å². The molecule has 0 bridgehead atoms. The van der Waals surface area contributed by atoms with E-state index in [1.165, 1.54) is 23.3 Å². The minimum absolute atomic E-state index is 0.0301. The lowest BCUT2D eigenvalue weighted by Gasteiger charge is -2.31. The zero-order valence-corrected chi connectivity index (χ0v) is 16.7. The van der Waals surface area contributed by atoms with Crippen molar-refractivity contribution >= 4 is 17.6 Å². The van der Waals surface area contributed by atoms with Crippen molar-refractivity contribution in [2.24, 2.45) is 4.99 Å². The van der Waals surface area contributed by atoms with Crippen molar-refractivity contribution in [1.29, 1.82) is 0 Å². The largest absolute Gasteiger partial charge is 0.504 e. The molecule has 2 N–H and O–H groups in total. The molecule has 5 rings (SSSR count). The number of ether oxygens (including phenoxy) is 1. The molecule has 0 aliphatic carbocycles. The zero-order chi connectivity index (χ0) is 20.8. The molecule has 0 unspecified atom stereocenters. The zero-order valence-electron chi connectivity index (χ0n) is 16.7. The van der Waals surface area contributed by atoms with Gasteiger partial charge in [-0.25, -0.2) is 9.98 Å². The molecule has 0 spiro atoms. The Balaban J connectivity index is 1.67. The van der Waals surface area contributed by atoms with Crippen LogP contribution in [0.1, 0.15) is 23.0 Å². The minimum atomic E-state index is -0.640. The molecule has 1 atom stereocenters. The number of fused-ring (bicyclic) bond motifs is 2. The maximum Gasteiger partial charge on any atom is 0.257 e. The van der Waals surface area contributed by atoms with Crippen molar-refractivity contribution in [1.82, 2.24) is 9.55 Å². The Morgan fingerprint density at radius 3 is 2.87 bits per heavy atom. The van der Waals surface area contributed by atoms with Gasteiger partial charge in [-0.15, -0.1) is 0 Å². The van der Waals surface area contributed by atoms with Gasteiger partial charge in [-0.1, -0.05) is 24.3 Å². The predicted molar refractivity (Wildman–Crippen MR) is 115 cm³/mol. The molecule has 3 aromatic rings. The Bertz CT molecular complexity index is 1230. The smallest absolute Gasteiger partial charge is 0.257 e.